The number of aromatic nitrogens is 4. The largest absolute Gasteiger partial charge is 0.458 e. The Morgan fingerprint density at radius 2 is 1.90 bits per heavy atom. The Balaban J connectivity index is 1.38. The number of carbonyl (C=O) groups is 1. The first-order valence-corrected chi connectivity index (χ1v) is 14.5. The summed E-state index contributed by atoms with van der Waals surface area (Å²) in [6, 6.07) is 6.96. The first-order chi connectivity index (χ1) is 18.5. The summed E-state index contributed by atoms with van der Waals surface area (Å²) in [5.41, 5.74) is 1.99. The molecule has 0 bridgehead atoms. The molecule has 0 radical (unpaired) electrons. The van der Waals surface area contributed by atoms with Gasteiger partial charge in [0.25, 0.3) is 5.91 Å². The van der Waals surface area contributed by atoms with Crippen LogP contribution < -0.4 is 20.3 Å². The smallest absolute Gasteiger partial charge is 0.317 e. The third kappa shape index (κ3) is 4.99. The van der Waals surface area contributed by atoms with Crippen LogP contribution in [0.25, 0.3) is 21.8 Å². The third-order valence-corrected chi connectivity index (χ3v) is 8.69. The van der Waals surface area contributed by atoms with Crippen LogP contribution in [0.3, 0.4) is 0 Å². The molecule has 0 saturated carbocycles. The molecule has 0 aliphatic carbocycles. The van der Waals surface area contributed by atoms with Gasteiger partial charge in [-0.3, -0.25) is 9.48 Å². The van der Waals surface area contributed by atoms with Crippen LogP contribution in [0.1, 0.15) is 24.2 Å². The normalized spacial score (nSPS) is 21.2. The van der Waals surface area contributed by atoms with Crippen LogP contribution in [-0.4, -0.2) is 76.9 Å². The summed E-state index contributed by atoms with van der Waals surface area (Å²) in [6.45, 7) is 5.74. The van der Waals surface area contributed by atoms with Gasteiger partial charge < -0.3 is 20.3 Å². The summed E-state index contributed by atoms with van der Waals surface area (Å²) in [4.78, 5) is 24.6. The van der Waals surface area contributed by atoms with E-state index in [-0.39, 0.29) is 46.4 Å². The lowest BCUT2D eigenvalue weighted by molar-refractivity contribution is 0.102. The van der Waals surface area contributed by atoms with E-state index >= 15 is 0 Å². The molecular weight excluding hydrogens is 525 g/mol. The highest BCUT2D eigenvalue weighted by atomic mass is 32.2. The number of nitrogens with zero attached hydrogens (tertiary/aromatic N) is 5. The SMILES string of the molecule is C[C@@H]1CN(c2ccc(C(=O)Nc3cc(F)c4nn(C)cc4c3)c3nc(OC4CS(=O)(=O)C4)ncc23)C[C@@H](C)N1. The van der Waals surface area contributed by atoms with Crippen molar-refractivity contribution in [3.8, 4) is 6.01 Å². The number of benzene rings is 2. The fourth-order valence-corrected chi connectivity index (χ4v) is 6.52. The molecule has 2 saturated heterocycles. The van der Waals surface area contributed by atoms with Crippen LogP contribution in [0.5, 0.6) is 6.01 Å². The van der Waals surface area contributed by atoms with Gasteiger partial charge >= 0.3 is 6.01 Å². The number of amides is 1. The third-order valence-electron chi connectivity index (χ3n) is 6.93. The molecule has 2 aliphatic rings. The van der Waals surface area contributed by atoms with E-state index in [1.807, 2.05) is 6.07 Å². The van der Waals surface area contributed by atoms with Crippen molar-refractivity contribution in [2.24, 2.45) is 7.05 Å². The average molecular weight is 554 g/mol. The van der Waals surface area contributed by atoms with E-state index < -0.39 is 27.7 Å². The Morgan fingerprint density at radius 3 is 2.62 bits per heavy atom. The summed E-state index contributed by atoms with van der Waals surface area (Å²) in [5, 5.41) is 11.6. The Kier molecular flexibility index (Phi) is 6.14. The van der Waals surface area contributed by atoms with E-state index in [4.69, 9.17) is 4.74 Å². The van der Waals surface area contributed by atoms with Crippen molar-refractivity contribution in [2.45, 2.75) is 32.0 Å². The van der Waals surface area contributed by atoms with Crippen molar-refractivity contribution in [3.05, 3.63) is 48.0 Å². The maximum Gasteiger partial charge on any atom is 0.317 e. The lowest BCUT2D eigenvalue weighted by Gasteiger charge is -2.38. The van der Waals surface area contributed by atoms with Crippen molar-refractivity contribution in [2.75, 3.05) is 34.8 Å². The second-order valence-corrected chi connectivity index (χ2v) is 12.5. The molecule has 4 heterocycles. The van der Waals surface area contributed by atoms with E-state index in [1.54, 1.807) is 31.6 Å². The number of piperazine rings is 1. The number of hydrogen-bond acceptors (Lipinski definition) is 9. The van der Waals surface area contributed by atoms with E-state index in [2.05, 4.69) is 44.4 Å². The van der Waals surface area contributed by atoms with Crippen LogP contribution in [0.15, 0.2) is 36.7 Å². The number of aryl methyl sites for hydroxylation is 1. The van der Waals surface area contributed by atoms with Gasteiger partial charge in [-0.05, 0) is 38.1 Å². The number of ether oxygens (including phenoxy) is 1. The van der Waals surface area contributed by atoms with Gasteiger partial charge in [-0.1, -0.05) is 0 Å². The fourth-order valence-electron chi connectivity index (χ4n) is 5.35. The van der Waals surface area contributed by atoms with Gasteiger partial charge in [0.15, 0.2) is 15.7 Å². The van der Waals surface area contributed by atoms with Crippen LogP contribution in [-0.2, 0) is 16.9 Å². The van der Waals surface area contributed by atoms with E-state index in [1.165, 1.54) is 10.7 Å². The Labute approximate surface area is 224 Å². The number of rotatable bonds is 5. The Morgan fingerprint density at radius 1 is 1.15 bits per heavy atom. The zero-order valence-electron chi connectivity index (χ0n) is 21.7. The summed E-state index contributed by atoms with van der Waals surface area (Å²) in [6.07, 6.45) is 2.75. The van der Waals surface area contributed by atoms with E-state index in [9.17, 15) is 17.6 Å². The molecule has 2 aromatic heterocycles. The number of sulfone groups is 1. The summed E-state index contributed by atoms with van der Waals surface area (Å²) in [7, 11) is -1.39. The quantitative estimate of drug-likeness (QED) is 0.382. The van der Waals surface area contributed by atoms with Gasteiger partial charge in [0.05, 0.1) is 22.6 Å². The molecule has 2 atom stereocenters. The molecule has 0 spiro atoms. The number of halogens is 1. The molecular formula is C26H28FN7O4S. The average Bonchev–Trinajstić information content (AvgIpc) is 3.22. The van der Waals surface area contributed by atoms with Gasteiger partial charge in [0.1, 0.15) is 11.6 Å². The highest BCUT2D eigenvalue weighted by Crippen LogP contribution is 2.32. The minimum atomic E-state index is -3.09. The van der Waals surface area contributed by atoms with Crippen LogP contribution >= 0.6 is 0 Å². The fraction of sp³-hybridized carbons (Fsp3) is 0.385. The summed E-state index contributed by atoms with van der Waals surface area (Å²) < 4.78 is 45.0. The highest BCUT2D eigenvalue weighted by Gasteiger charge is 2.36. The second-order valence-electron chi connectivity index (χ2n) is 10.4. The molecule has 2 aromatic carbocycles. The number of hydrogen-bond donors (Lipinski definition) is 2. The predicted molar refractivity (Wildman–Crippen MR) is 146 cm³/mol. The Bertz CT molecular complexity index is 1700. The summed E-state index contributed by atoms with van der Waals surface area (Å²) in [5.74, 6) is -1.22. The molecule has 2 N–H and O–H groups in total. The number of fused-ring (bicyclic) bond motifs is 2. The maximum absolute atomic E-state index is 14.6. The van der Waals surface area contributed by atoms with Gasteiger partial charge in [0.2, 0.25) is 0 Å². The van der Waals surface area contributed by atoms with Crippen molar-refractivity contribution in [1.29, 1.82) is 0 Å². The molecule has 13 heteroatoms. The van der Waals surface area contributed by atoms with Crippen LogP contribution in [0.4, 0.5) is 15.8 Å². The molecule has 4 aromatic rings. The van der Waals surface area contributed by atoms with Crippen LogP contribution in [0.2, 0.25) is 0 Å². The number of anilines is 2. The highest BCUT2D eigenvalue weighted by molar-refractivity contribution is 7.92. The van der Waals surface area contributed by atoms with Crippen molar-refractivity contribution < 1.29 is 22.3 Å². The molecule has 11 nitrogen and oxygen atoms in total. The molecule has 0 unspecified atom stereocenters. The zero-order valence-corrected chi connectivity index (χ0v) is 22.5. The number of nitrogens with one attached hydrogen (secondary N) is 2. The van der Waals surface area contributed by atoms with Crippen molar-refractivity contribution >= 4 is 48.9 Å². The molecule has 2 aliphatic heterocycles. The molecule has 204 valence electrons. The van der Waals surface area contributed by atoms with Gasteiger partial charge in [0, 0.05) is 66.8 Å². The van der Waals surface area contributed by atoms with Gasteiger partial charge in [-0.25, -0.2) is 17.8 Å². The lowest BCUT2D eigenvalue weighted by atomic mass is 10.0. The lowest BCUT2D eigenvalue weighted by Crippen LogP contribution is -2.54. The topological polar surface area (TPSA) is 131 Å². The number of carbonyl (C=O) groups excluding carboxylic acids is 1. The summed E-state index contributed by atoms with van der Waals surface area (Å²) >= 11 is 0. The van der Waals surface area contributed by atoms with E-state index in [0.29, 0.717) is 16.3 Å². The minimum absolute atomic E-state index is 0.00142. The zero-order chi connectivity index (χ0) is 27.5. The van der Waals surface area contributed by atoms with Gasteiger partial charge in [-0.15, -0.1) is 0 Å². The monoisotopic (exact) mass is 553 g/mol. The Hall–Kier alpha value is -3.84. The molecule has 39 heavy (non-hydrogen) atoms. The first kappa shape index (κ1) is 25.4. The minimum Gasteiger partial charge on any atom is -0.458 e. The molecule has 1 amide bonds. The standard InChI is InChI=1S/C26H28FN7O4S/c1-14-9-34(10-15(2)29-14)22-5-4-19(24-20(22)8-28-26(31-24)38-18-12-39(36,37)13-18)25(35)30-17-6-16-11-33(3)32-23(16)21(27)7-17/h4-8,11,14-15,18,29H,9-10,12-13H2,1-3H3,(H,30,35)/t14-,15-/m1/s1. The maximum atomic E-state index is 14.6. The van der Waals surface area contributed by atoms with Crippen molar-refractivity contribution in [1.82, 2.24) is 25.1 Å². The first-order valence-electron chi connectivity index (χ1n) is 12.7. The second kappa shape index (κ2) is 9.42. The van der Waals surface area contributed by atoms with Crippen LogP contribution in [0, 0.1) is 5.82 Å². The van der Waals surface area contributed by atoms with Crippen molar-refractivity contribution in [3.63, 3.8) is 0 Å². The van der Waals surface area contributed by atoms with E-state index in [0.717, 1.165) is 18.8 Å². The predicted octanol–water partition coefficient (Wildman–Crippen LogP) is 2.27. The molecule has 2 fully saturated rings. The molecule has 6 rings (SSSR count). The van der Waals surface area contributed by atoms with Gasteiger partial charge in [-0.2, -0.15) is 10.1 Å².